The largest absolute Gasteiger partial charge is 0.497 e. The first-order chi connectivity index (χ1) is 12.0. The van der Waals surface area contributed by atoms with Crippen LogP contribution in [0.15, 0.2) is 41.4 Å². The quantitative estimate of drug-likeness (QED) is 0.798. The highest BCUT2D eigenvalue weighted by Gasteiger charge is 2.28. The van der Waals surface area contributed by atoms with E-state index in [4.69, 9.17) is 4.74 Å². The lowest BCUT2D eigenvalue weighted by molar-refractivity contribution is 0.180. The van der Waals surface area contributed by atoms with Gasteiger partial charge in [-0.15, -0.1) is 0 Å². The molecule has 2 aromatic rings. The van der Waals surface area contributed by atoms with Crippen LogP contribution in [-0.4, -0.2) is 60.9 Å². The van der Waals surface area contributed by atoms with Crippen molar-refractivity contribution in [1.29, 1.82) is 0 Å². The third-order valence-electron chi connectivity index (χ3n) is 4.25. The molecule has 2 heterocycles. The molecule has 1 aliphatic heterocycles. The third kappa shape index (κ3) is 4.15. The van der Waals surface area contributed by atoms with Gasteiger partial charge in [-0.25, -0.2) is 18.4 Å². The fourth-order valence-corrected chi connectivity index (χ4v) is 4.27. The summed E-state index contributed by atoms with van der Waals surface area (Å²) in [6.45, 7) is 4.87. The van der Waals surface area contributed by atoms with Crippen LogP contribution in [0.4, 0.5) is 0 Å². The molecule has 0 saturated carbocycles. The number of aromatic nitrogens is 2. The van der Waals surface area contributed by atoms with Gasteiger partial charge in [-0.2, -0.15) is 4.31 Å². The number of ether oxygens (including phenoxy) is 1. The van der Waals surface area contributed by atoms with Crippen LogP contribution in [0.5, 0.6) is 5.75 Å². The molecule has 25 heavy (non-hydrogen) atoms. The number of piperazine rings is 1. The molecule has 7 nitrogen and oxygen atoms in total. The van der Waals surface area contributed by atoms with Crippen LogP contribution < -0.4 is 4.74 Å². The van der Waals surface area contributed by atoms with E-state index in [1.807, 2.05) is 13.0 Å². The Kier molecular flexibility index (Phi) is 5.31. The summed E-state index contributed by atoms with van der Waals surface area (Å²) in [7, 11) is -1.91. The maximum atomic E-state index is 12.7. The Morgan fingerprint density at radius 2 is 1.76 bits per heavy atom. The van der Waals surface area contributed by atoms with Crippen molar-refractivity contribution in [3.63, 3.8) is 0 Å². The predicted molar refractivity (Wildman–Crippen MR) is 93.8 cm³/mol. The number of hydrogen-bond acceptors (Lipinski definition) is 6. The highest BCUT2D eigenvalue weighted by Crippen LogP contribution is 2.21. The highest BCUT2D eigenvalue weighted by atomic mass is 32.2. The van der Waals surface area contributed by atoms with Crippen LogP contribution >= 0.6 is 0 Å². The Balaban J connectivity index is 1.62. The molecule has 8 heteroatoms. The van der Waals surface area contributed by atoms with Gasteiger partial charge in [-0.1, -0.05) is 0 Å². The second-order valence-corrected chi connectivity index (χ2v) is 7.89. The number of hydrogen-bond donors (Lipinski definition) is 0. The lowest BCUT2D eigenvalue weighted by Crippen LogP contribution is -2.48. The molecule has 0 amide bonds. The Hall–Kier alpha value is -2.03. The van der Waals surface area contributed by atoms with E-state index in [0.29, 0.717) is 43.4 Å². The molecule has 0 unspecified atom stereocenters. The molecule has 0 aliphatic carbocycles. The van der Waals surface area contributed by atoms with Gasteiger partial charge in [0.2, 0.25) is 10.0 Å². The van der Waals surface area contributed by atoms with E-state index in [0.717, 1.165) is 11.5 Å². The molecular weight excluding hydrogens is 340 g/mol. The molecule has 0 spiro atoms. The minimum atomic E-state index is -3.46. The summed E-state index contributed by atoms with van der Waals surface area (Å²) in [5.74, 6) is 1.39. The van der Waals surface area contributed by atoms with Gasteiger partial charge >= 0.3 is 0 Å². The van der Waals surface area contributed by atoms with Crippen molar-refractivity contribution in [3.05, 3.63) is 48.0 Å². The maximum absolute atomic E-state index is 12.7. The summed E-state index contributed by atoms with van der Waals surface area (Å²) >= 11 is 0. The first-order valence-corrected chi connectivity index (χ1v) is 9.58. The van der Waals surface area contributed by atoms with Gasteiger partial charge in [-0.05, 0) is 37.3 Å². The van der Waals surface area contributed by atoms with E-state index in [9.17, 15) is 8.42 Å². The van der Waals surface area contributed by atoms with Gasteiger partial charge in [-0.3, -0.25) is 4.90 Å². The monoisotopic (exact) mass is 362 g/mol. The molecule has 0 radical (unpaired) electrons. The van der Waals surface area contributed by atoms with Crippen molar-refractivity contribution in [2.75, 3.05) is 33.3 Å². The Bertz CT molecular complexity index is 816. The molecule has 1 aliphatic rings. The minimum absolute atomic E-state index is 0.299. The van der Waals surface area contributed by atoms with Gasteiger partial charge in [0.1, 0.15) is 11.6 Å². The summed E-state index contributed by atoms with van der Waals surface area (Å²) in [6.07, 6.45) is 1.75. The first kappa shape index (κ1) is 17.8. The van der Waals surface area contributed by atoms with Crippen molar-refractivity contribution in [2.45, 2.75) is 18.4 Å². The van der Waals surface area contributed by atoms with Crippen molar-refractivity contribution in [2.24, 2.45) is 0 Å². The standard InChI is InChI=1S/C17H22N4O3S/c1-14-18-8-7-15(19-14)13-20-9-11-21(12-10-20)25(22,23)17-5-3-16(24-2)4-6-17/h3-8H,9-13H2,1-2H3. The van der Waals surface area contributed by atoms with Gasteiger partial charge in [0.15, 0.2) is 0 Å². The van der Waals surface area contributed by atoms with Crippen LogP contribution in [-0.2, 0) is 16.6 Å². The molecule has 1 aromatic heterocycles. The molecule has 0 N–H and O–H groups in total. The fourth-order valence-electron chi connectivity index (χ4n) is 2.85. The molecule has 1 saturated heterocycles. The number of aryl methyl sites for hydroxylation is 1. The van der Waals surface area contributed by atoms with Gasteiger partial charge in [0.05, 0.1) is 17.7 Å². The topological polar surface area (TPSA) is 75.6 Å². The van der Waals surface area contributed by atoms with E-state index in [1.165, 1.54) is 4.31 Å². The first-order valence-electron chi connectivity index (χ1n) is 8.14. The van der Waals surface area contributed by atoms with E-state index in [1.54, 1.807) is 37.6 Å². The van der Waals surface area contributed by atoms with E-state index in [2.05, 4.69) is 14.9 Å². The summed E-state index contributed by atoms with van der Waals surface area (Å²) < 4.78 is 32.1. The van der Waals surface area contributed by atoms with Gasteiger partial charge < -0.3 is 4.74 Å². The number of nitrogens with zero attached hydrogens (tertiary/aromatic N) is 4. The van der Waals surface area contributed by atoms with Crippen molar-refractivity contribution < 1.29 is 13.2 Å². The molecule has 134 valence electrons. The van der Waals surface area contributed by atoms with Crippen molar-refractivity contribution >= 4 is 10.0 Å². The lowest BCUT2D eigenvalue weighted by atomic mass is 10.3. The summed E-state index contributed by atoms with van der Waals surface area (Å²) in [6, 6.07) is 8.41. The molecule has 1 aromatic carbocycles. The normalized spacial score (nSPS) is 16.7. The van der Waals surface area contributed by atoms with E-state index >= 15 is 0 Å². The molecule has 0 bridgehead atoms. The number of benzene rings is 1. The summed E-state index contributed by atoms with van der Waals surface area (Å²) in [5.41, 5.74) is 0.957. The Morgan fingerprint density at radius 3 is 2.36 bits per heavy atom. The zero-order valence-corrected chi connectivity index (χ0v) is 15.2. The lowest BCUT2D eigenvalue weighted by Gasteiger charge is -2.33. The predicted octanol–water partition coefficient (Wildman–Crippen LogP) is 1.30. The van der Waals surface area contributed by atoms with Crippen LogP contribution in [0.2, 0.25) is 0 Å². The number of rotatable bonds is 5. The summed E-state index contributed by atoms with van der Waals surface area (Å²) in [4.78, 5) is 11.0. The number of sulfonamides is 1. The van der Waals surface area contributed by atoms with Crippen LogP contribution in [0.25, 0.3) is 0 Å². The molecule has 3 rings (SSSR count). The molecular formula is C17H22N4O3S. The summed E-state index contributed by atoms with van der Waals surface area (Å²) in [5, 5.41) is 0. The minimum Gasteiger partial charge on any atom is -0.497 e. The second-order valence-electron chi connectivity index (χ2n) is 5.95. The van der Waals surface area contributed by atoms with Gasteiger partial charge in [0, 0.05) is 38.9 Å². The highest BCUT2D eigenvalue weighted by molar-refractivity contribution is 7.89. The fraction of sp³-hybridized carbons (Fsp3) is 0.412. The molecule has 1 fully saturated rings. The van der Waals surface area contributed by atoms with Crippen molar-refractivity contribution in [3.8, 4) is 5.75 Å². The average Bonchev–Trinajstić information content (AvgIpc) is 2.62. The smallest absolute Gasteiger partial charge is 0.243 e. The van der Waals surface area contributed by atoms with E-state index in [-0.39, 0.29) is 0 Å². The van der Waals surface area contributed by atoms with Crippen LogP contribution in [0, 0.1) is 6.92 Å². The Morgan fingerprint density at radius 1 is 1.08 bits per heavy atom. The third-order valence-corrected chi connectivity index (χ3v) is 6.16. The SMILES string of the molecule is COc1ccc(S(=O)(=O)N2CCN(Cc3ccnc(C)n3)CC2)cc1. The van der Waals surface area contributed by atoms with Gasteiger partial charge in [0.25, 0.3) is 0 Å². The van der Waals surface area contributed by atoms with Crippen molar-refractivity contribution in [1.82, 2.24) is 19.2 Å². The van der Waals surface area contributed by atoms with E-state index < -0.39 is 10.0 Å². The van der Waals surface area contributed by atoms with Crippen LogP contribution in [0.3, 0.4) is 0 Å². The number of methoxy groups -OCH3 is 1. The average molecular weight is 362 g/mol. The van der Waals surface area contributed by atoms with Crippen LogP contribution in [0.1, 0.15) is 11.5 Å². The molecule has 0 atom stereocenters. The zero-order valence-electron chi connectivity index (χ0n) is 14.4. The second kappa shape index (κ2) is 7.47. The Labute approximate surface area is 148 Å². The maximum Gasteiger partial charge on any atom is 0.243 e. The zero-order chi connectivity index (χ0) is 17.9.